The average Bonchev–Trinajstić information content (AvgIpc) is 2.48. The number of nitrogens with zero attached hydrogens (tertiary/aromatic N) is 1. The summed E-state index contributed by atoms with van der Waals surface area (Å²) in [6.45, 7) is 0.744. The zero-order valence-corrected chi connectivity index (χ0v) is 12.5. The van der Waals surface area contributed by atoms with E-state index in [4.69, 9.17) is 0 Å². The zero-order chi connectivity index (χ0) is 14.4. The Balaban J connectivity index is 1.84. The summed E-state index contributed by atoms with van der Waals surface area (Å²) in [5, 5.41) is 0. The monoisotopic (exact) mass is 285 g/mol. The fourth-order valence-corrected chi connectivity index (χ4v) is 2.14. The summed E-state index contributed by atoms with van der Waals surface area (Å²) in [4.78, 5) is 14.8. The molecule has 104 valence electrons. The van der Waals surface area contributed by atoms with E-state index < -0.39 is 0 Å². The fraction of sp³-hybridized carbons (Fsp3) is 0.235. The minimum Gasteiger partial charge on any atom is -0.345 e. The number of benzene rings is 2. The first-order chi connectivity index (χ1) is 9.65. The van der Waals surface area contributed by atoms with Crippen LogP contribution >= 0.6 is 12.6 Å². The highest BCUT2D eigenvalue weighted by atomic mass is 32.1. The molecule has 0 atom stereocenters. The molecule has 2 aromatic rings. The number of amides is 1. The zero-order valence-electron chi connectivity index (χ0n) is 11.6. The van der Waals surface area contributed by atoms with Crippen molar-refractivity contribution in [3.8, 4) is 0 Å². The Labute approximate surface area is 125 Å². The molecule has 0 aliphatic heterocycles. The van der Waals surface area contributed by atoms with Gasteiger partial charge in [0.05, 0.1) is 6.42 Å². The Kier molecular flexibility index (Phi) is 5.24. The lowest BCUT2D eigenvalue weighted by molar-refractivity contribution is -0.129. The predicted molar refractivity (Wildman–Crippen MR) is 85.2 cm³/mol. The van der Waals surface area contributed by atoms with Gasteiger partial charge in [-0.15, -0.1) is 12.6 Å². The van der Waals surface area contributed by atoms with E-state index in [0.717, 1.165) is 23.4 Å². The normalized spacial score (nSPS) is 10.3. The van der Waals surface area contributed by atoms with Crippen molar-refractivity contribution < 1.29 is 4.79 Å². The molecule has 0 N–H and O–H groups in total. The van der Waals surface area contributed by atoms with E-state index in [9.17, 15) is 4.79 Å². The molecule has 0 heterocycles. The van der Waals surface area contributed by atoms with Crippen LogP contribution in [-0.4, -0.2) is 24.4 Å². The Hall–Kier alpha value is -1.74. The van der Waals surface area contributed by atoms with E-state index in [1.165, 1.54) is 5.56 Å². The van der Waals surface area contributed by atoms with Gasteiger partial charge in [-0.25, -0.2) is 0 Å². The lowest BCUT2D eigenvalue weighted by Crippen LogP contribution is -2.30. The van der Waals surface area contributed by atoms with Crippen LogP contribution in [0.3, 0.4) is 0 Å². The van der Waals surface area contributed by atoms with Crippen LogP contribution in [0.15, 0.2) is 59.5 Å². The van der Waals surface area contributed by atoms with Crippen LogP contribution in [0.1, 0.15) is 11.1 Å². The molecular weight excluding hydrogens is 266 g/mol. The van der Waals surface area contributed by atoms with Crippen molar-refractivity contribution in [3.05, 3.63) is 65.7 Å². The molecule has 2 aromatic carbocycles. The Bertz CT molecular complexity index is 551. The number of thiol groups is 1. The van der Waals surface area contributed by atoms with Crippen molar-refractivity contribution in [2.45, 2.75) is 17.7 Å². The average molecular weight is 285 g/mol. The van der Waals surface area contributed by atoms with Crippen LogP contribution in [0.4, 0.5) is 0 Å². The molecule has 0 spiro atoms. The maximum Gasteiger partial charge on any atom is 0.226 e. The second-order valence-electron chi connectivity index (χ2n) is 4.89. The SMILES string of the molecule is CN(CCc1ccccc1)C(=O)Cc1ccc(S)cc1. The van der Waals surface area contributed by atoms with Gasteiger partial charge in [0.15, 0.2) is 0 Å². The fourth-order valence-electron chi connectivity index (χ4n) is 1.99. The third-order valence-corrected chi connectivity index (χ3v) is 3.59. The highest BCUT2D eigenvalue weighted by Crippen LogP contribution is 2.09. The minimum atomic E-state index is 0.146. The third-order valence-electron chi connectivity index (χ3n) is 3.30. The molecule has 0 aliphatic rings. The van der Waals surface area contributed by atoms with Crippen LogP contribution < -0.4 is 0 Å². The number of hydrogen-bond acceptors (Lipinski definition) is 2. The van der Waals surface area contributed by atoms with Gasteiger partial charge in [-0.1, -0.05) is 42.5 Å². The molecule has 0 aliphatic carbocycles. The third kappa shape index (κ3) is 4.42. The summed E-state index contributed by atoms with van der Waals surface area (Å²) in [7, 11) is 1.86. The largest absolute Gasteiger partial charge is 0.345 e. The van der Waals surface area contributed by atoms with Crippen molar-refractivity contribution >= 4 is 18.5 Å². The lowest BCUT2D eigenvalue weighted by Gasteiger charge is -2.17. The van der Waals surface area contributed by atoms with Crippen LogP contribution in [-0.2, 0) is 17.6 Å². The van der Waals surface area contributed by atoms with Crippen molar-refractivity contribution in [2.75, 3.05) is 13.6 Å². The van der Waals surface area contributed by atoms with E-state index in [-0.39, 0.29) is 5.91 Å². The quantitative estimate of drug-likeness (QED) is 0.836. The van der Waals surface area contributed by atoms with Gasteiger partial charge in [0.1, 0.15) is 0 Å². The topological polar surface area (TPSA) is 20.3 Å². The first-order valence-corrected chi connectivity index (χ1v) is 7.15. The van der Waals surface area contributed by atoms with Crippen LogP contribution in [0.5, 0.6) is 0 Å². The Morgan fingerprint density at radius 3 is 2.30 bits per heavy atom. The lowest BCUT2D eigenvalue weighted by atomic mass is 10.1. The molecule has 0 aromatic heterocycles. The highest BCUT2D eigenvalue weighted by Gasteiger charge is 2.09. The van der Waals surface area contributed by atoms with Gasteiger partial charge >= 0.3 is 0 Å². The molecule has 0 unspecified atom stereocenters. The van der Waals surface area contributed by atoms with Gasteiger partial charge in [0, 0.05) is 18.5 Å². The molecule has 20 heavy (non-hydrogen) atoms. The first kappa shape index (κ1) is 14.7. The van der Waals surface area contributed by atoms with Crippen molar-refractivity contribution in [1.82, 2.24) is 4.90 Å². The number of carbonyl (C=O) groups is 1. The molecule has 0 saturated carbocycles. The maximum atomic E-state index is 12.1. The molecule has 2 nitrogen and oxygen atoms in total. The maximum absolute atomic E-state index is 12.1. The molecule has 0 radical (unpaired) electrons. The molecular formula is C17H19NOS. The van der Waals surface area contributed by atoms with Gasteiger partial charge in [-0.3, -0.25) is 4.79 Å². The van der Waals surface area contributed by atoms with Crippen LogP contribution in [0.25, 0.3) is 0 Å². The predicted octanol–water partition coefficient (Wildman–Crippen LogP) is 3.22. The second-order valence-corrected chi connectivity index (χ2v) is 5.41. The molecule has 0 fully saturated rings. The number of carbonyl (C=O) groups excluding carboxylic acids is 1. The summed E-state index contributed by atoms with van der Waals surface area (Å²) in [6.07, 6.45) is 1.33. The van der Waals surface area contributed by atoms with Crippen molar-refractivity contribution in [1.29, 1.82) is 0 Å². The Morgan fingerprint density at radius 1 is 1.00 bits per heavy atom. The molecule has 2 rings (SSSR count). The molecule has 3 heteroatoms. The van der Waals surface area contributed by atoms with Gasteiger partial charge in [-0.05, 0) is 29.7 Å². The minimum absolute atomic E-state index is 0.146. The Morgan fingerprint density at radius 2 is 1.65 bits per heavy atom. The summed E-state index contributed by atoms with van der Waals surface area (Å²) in [5.74, 6) is 0.146. The molecule has 1 amide bonds. The molecule has 0 saturated heterocycles. The summed E-state index contributed by atoms with van der Waals surface area (Å²) in [5.41, 5.74) is 2.28. The number of likely N-dealkylation sites (N-methyl/N-ethyl adjacent to an activating group) is 1. The summed E-state index contributed by atoms with van der Waals surface area (Å²) < 4.78 is 0. The number of rotatable bonds is 5. The summed E-state index contributed by atoms with van der Waals surface area (Å²) >= 11 is 4.24. The van der Waals surface area contributed by atoms with E-state index in [1.807, 2.05) is 49.5 Å². The van der Waals surface area contributed by atoms with Crippen molar-refractivity contribution in [2.24, 2.45) is 0 Å². The van der Waals surface area contributed by atoms with Gasteiger partial charge in [0.2, 0.25) is 5.91 Å². The van der Waals surface area contributed by atoms with Crippen LogP contribution in [0.2, 0.25) is 0 Å². The van der Waals surface area contributed by atoms with Crippen LogP contribution in [0, 0.1) is 0 Å². The number of hydrogen-bond donors (Lipinski definition) is 1. The van der Waals surface area contributed by atoms with E-state index >= 15 is 0 Å². The molecule has 0 bridgehead atoms. The van der Waals surface area contributed by atoms with E-state index in [0.29, 0.717) is 6.42 Å². The second kappa shape index (κ2) is 7.15. The summed E-state index contributed by atoms with van der Waals surface area (Å²) in [6, 6.07) is 17.9. The first-order valence-electron chi connectivity index (χ1n) is 6.71. The van der Waals surface area contributed by atoms with E-state index in [2.05, 4.69) is 24.8 Å². The van der Waals surface area contributed by atoms with Crippen molar-refractivity contribution in [3.63, 3.8) is 0 Å². The van der Waals surface area contributed by atoms with Gasteiger partial charge in [-0.2, -0.15) is 0 Å². The standard InChI is InChI=1S/C17H19NOS/c1-18(12-11-14-5-3-2-4-6-14)17(19)13-15-7-9-16(20)10-8-15/h2-10,20H,11-13H2,1H3. The highest BCUT2D eigenvalue weighted by molar-refractivity contribution is 7.80. The van der Waals surface area contributed by atoms with E-state index in [1.54, 1.807) is 4.90 Å². The van der Waals surface area contributed by atoms with Gasteiger partial charge < -0.3 is 4.90 Å². The smallest absolute Gasteiger partial charge is 0.226 e. The van der Waals surface area contributed by atoms with Gasteiger partial charge in [0.25, 0.3) is 0 Å².